The van der Waals surface area contributed by atoms with Crippen molar-refractivity contribution in [3.8, 4) is 5.88 Å². The SMILES string of the molecule is CC(C)Oc1cc(NC(=O)[C@@H]2C[C@@H]3CC[C@H]2N(S(=O)(=O)c2cn(C)cn2)C3)n[nH]1. The summed E-state index contributed by atoms with van der Waals surface area (Å²) in [6.07, 6.45) is 5.21. The third-order valence-corrected chi connectivity index (χ3v) is 7.27. The van der Waals surface area contributed by atoms with E-state index < -0.39 is 15.9 Å². The van der Waals surface area contributed by atoms with Crippen LogP contribution in [0.4, 0.5) is 5.82 Å². The van der Waals surface area contributed by atoms with Gasteiger partial charge in [0.05, 0.1) is 18.3 Å². The molecule has 2 aromatic rings. The number of nitrogens with zero attached hydrogens (tertiary/aromatic N) is 4. The van der Waals surface area contributed by atoms with E-state index >= 15 is 0 Å². The summed E-state index contributed by atoms with van der Waals surface area (Å²) in [7, 11) is -2.01. The van der Waals surface area contributed by atoms with Crippen molar-refractivity contribution < 1.29 is 17.9 Å². The minimum atomic E-state index is -3.74. The van der Waals surface area contributed by atoms with Gasteiger partial charge in [-0.05, 0) is 39.0 Å². The lowest BCUT2D eigenvalue weighted by Crippen LogP contribution is -2.57. The van der Waals surface area contributed by atoms with Crippen molar-refractivity contribution in [3.05, 3.63) is 18.6 Å². The molecule has 3 fully saturated rings. The van der Waals surface area contributed by atoms with Gasteiger partial charge in [-0.15, -0.1) is 0 Å². The maximum Gasteiger partial charge on any atom is 0.262 e. The summed E-state index contributed by atoms with van der Waals surface area (Å²) in [5.74, 6) is 0.356. The zero-order valence-electron chi connectivity index (χ0n) is 16.7. The molecule has 158 valence electrons. The van der Waals surface area contributed by atoms with Gasteiger partial charge in [0.2, 0.25) is 11.8 Å². The topological polar surface area (TPSA) is 122 Å². The van der Waals surface area contributed by atoms with Crippen LogP contribution in [0, 0.1) is 11.8 Å². The molecule has 5 rings (SSSR count). The van der Waals surface area contributed by atoms with E-state index in [-0.39, 0.29) is 29.0 Å². The lowest BCUT2D eigenvalue weighted by molar-refractivity contribution is -0.125. The van der Waals surface area contributed by atoms with E-state index in [1.54, 1.807) is 17.7 Å². The second kappa shape index (κ2) is 7.45. The second-order valence-corrected chi connectivity index (χ2v) is 9.92. The van der Waals surface area contributed by atoms with E-state index in [1.165, 1.54) is 16.8 Å². The highest BCUT2D eigenvalue weighted by molar-refractivity contribution is 7.89. The third kappa shape index (κ3) is 3.88. The number of hydrogen-bond donors (Lipinski definition) is 2. The fourth-order valence-corrected chi connectivity index (χ4v) is 5.98. The van der Waals surface area contributed by atoms with E-state index in [4.69, 9.17) is 4.74 Å². The molecule has 0 aromatic carbocycles. The number of H-pyrrole nitrogens is 1. The predicted molar refractivity (Wildman–Crippen MR) is 105 cm³/mol. The highest BCUT2D eigenvalue weighted by Gasteiger charge is 2.49. The first-order chi connectivity index (χ1) is 13.7. The number of anilines is 1. The maximum atomic E-state index is 13.1. The van der Waals surface area contributed by atoms with Gasteiger partial charge in [0, 0.05) is 31.9 Å². The Labute approximate surface area is 169 Å². The quantitative estimate of drug-likeness (QED) is 0.725. The van der Waals surface area contributed by atoms with Crippen molar-refractivity contribution in [2.45, 2.75) is 50.3 Å². The van der Waals surface area contributed by atoms with Gasteiger partial charge < -0.3 is 14.6 Å². The van der Waals surface area contributed by atoms with Gasteiger partial charge in [0.1, 0.15) is 0 Å². The number of aromatic nitrogens is 4. The molecular weight excluding hydrogens is 396 g/mol. The van der Waals surface area contributed by atoms with Crippen LogP contribution in [0.5, 0.6) is 5.88 Å². The van der Waals surface area contributed by atoms with Gasteiger partial charge in [-0.1, -0.05) is 0 Å². The number of rotatable bonds is 6. The Balaban J connectivity index is 1.51. The first-order valence-electron chi connectivity index (χ1n) is 9.77. The smallest absolute Gasteiger partial charge is 0.262 e. The summed E-state index contributed by atoms with van der Waals surface area (Å²) in [4.78, 5) is 17.0. The summed E-state index contributed by atoms with van der Waals surface area (Å²) < 4.78 is 34.8. The Hall–Kier alpha value is -2.40. The number of piperidine rings is 2. The van der Waals surface area contributed by atoms with Crippen LogP contribution in [0.2, 0.25) is 0 Å². The average Bonchev–Trinajstić information content (AvgIpc) is 3.30. The van der Waals surface area contributed by atoms with Crippen LogP contribution in [0.3, 0.4) is 0 Å². The third-order valence-electron chi connectivity index (χ3n) is 5.49. The van der Waals surface area contributed by atoms with Crippen molar-refractivity contribution in [1.29, 1.82) is 0 Å². The molecule has 1 amide bonds. The number of carbonyl (C=O) groups excluding carboxylic acids is 1. The molecule has 0 spiro atoms. The molecule has 2 aromatic heterocycles. The number of sulfonamides is 1. The van der Waals surface area contributed by atoms with Crippen LogP contribution in [0.15, 0.2) is 23.6 Å². The van der Waals surface area contributed by atoms with E-state index in [1.807, 2.05) is 13.8 Å². The molecule has 1 saturated carbocycles. The van der Waals surface area contributed by atoms with E-state index in [2.05, 4.69) is 20.5 Å². The lowest BCUT2D eigenvalue weighted by Gasteiger charge is -2.47. The molecule has 2 aliphatic heterocycles. The van der Waals surface area contributed by atoms with Crippen LogP contribution < -0.4 is 10.1 Å². The van der Waals surface area contributed by atoms with Crippen molar-refractivity contribution >= 4 is 21.7 Å². The van der Waals surface area contributed by atoms with Gasteiger partial charge in [0.25, 0.3) is 10.0 Å². The molecule has 4 heterocycles. The van der Waals surface area contributed by atoms with E-state index in [0.717, 1.165) is 6.42 Å². The average molecular weight is 423 g/mol. The fraction of sp³-hybridized carbons (Fsp3) is 0.611. The second-order valence-electron chi connectivity index (χ2n) is 8.08. The molecule has 0 radical (unpaired) electrons. The summed E-state index contributed by atoms with van der Waals surface area (Å²) in [6.45, 7) is 4.23. The Bertz CT molecular complexity index is 998. The monoisotopic (exact) mass is 422 g/mol. The Kier molecular flexibility index (Phi) is 5.11. The van der Waals surface area contributed by atoms with Gasteiger partial charge >= 0.3 is 0 Å². The molecule has 1 aliphatic carbocycles. The van der Waals surface area contributed by atoms with E-state index in [9.17, 15) is 13.2 Å². The number of aromatic amines is 1. The lowest BCUT2D eigenvalue weighted by atomic mass is 9.73. The summed E-state index contributed by atoms with van der Waals surface area (Å²) >= 11 is 0. The molecule has 3 aliphatic rings. The number of amides is 1. The molecule has 29 heavy (non-hydrogen) atoms. The number of carbonyl (C=O) groups is 1. The van der Waals surface area contributed by atoms with E-state index in [0.29, 0.717) is 31.1 Å². The molecule has 3 atom stereocenters. The molecule has 11 heteroatoms. The number of imidazole rings is 1. The first kappa shape index (κ1) is 19.9. The van der Waals surface area contributed by atoms with Crippen LogP contribution in [0.25, 0.3) is 0 Å². The summed E-state index contributed by atoms with van der Waals surface area (Å²) in [5.41, 5.74) is 0. The molecule has 10 nitrogen and oxygen atoms in total. The zero-order chi connectivity index (χ0) is 20.8. The number of nitrogens with one attached hydrogen (secondary N) is 2. The summed E-state index contributed by atoms with van der Waals surface area (Å²) in [6, 6.07) is 1.25. The number of hydrogen-bond acceptors (Lipinski definition) is 6. The minimum absolute atomic E-state index is 0.0153. The van der Waals surface area contributed by atoms with Crippen LogP contribution in [-0.2, 0) is 21.9 Å². The van der Waals surface area contributed by atoms with Crippen LogP contribution >= 0.6 is 0 Å². The standard InChI is InChI=1S/C18H26N6O4S/c1-11(2)28-16-7-15(21-22-16)20-18(25)13-6-12-4-5-14(13)24(8-12)29(26,27)17-9-23(3)10-19-17/h7,9-14H,4-6,8H2,1-3H3,(H2,20,21,22,25)/t12-,13+,14+/m0/s1. The Morgan fingerprint density at radius 2 is 2.17 bits per heavy atom. The van der Waals surface area contributed by atoms with Crippen LogP contribution in [-0.4, -0.2) is 57.1 Å². The molecule has 2 bridgehead atoms. The van der Waals surface area contributed by atoms with Crippen LogP contribution in [0.1, 0.15) is 33.1 Å². The molecule has 2 N–H and O–H groups in total. The normalized spacial score (nSPS) is 24.8. The molecule has 2 saturated heterocycles. The van der Waals surface area contributed by atoms with Crippen molar-refractivity contribution in [1.82, 2.24) is 24.1 Å². The van der Waals surface area contributed by atoms with Crippen molar-refractivity contribution in [2.75, 3.05) is 11.9 Å². The summed E-state index contributed by atoms with van der Waals surface area (Å²) in [5, 5.41) is 9.62. The van der Waals surface area contributed by atoms with Gasteiger partial charge in [-0.3, -0.25) is 4.79 Å². The zero-order valence-corrected chi connectivity index (χ0v) is 17.5. The first-order valence-corrected chi connectivity index (χ1v) is 11.2. The Morgan fingerprint density at radius 3 is 2.83 bits per heavy atom. The largest absolute Gasteiger partial charge is 0.475 e. The van der Waals surface area contributed by atoms with Gasteiger partial charge in [0.15, 0.2) is 10.8 Å². The fourth-order valence-electron chi connectivity index (χ4n) is 4.24. The minimum Gasteiger partial charge on any atom is -0.475 e. The highest BCUT2D eigenvalue weighted by Crippen LogP contribution is 2.42. The molecular formula is C18H26N6O4S. The van der Waals surface area contributed by atoms with Crippen molar-refractivity contribution in [3.63, 3.8) is 0 Å². The van der Waals surface area contributed by atoms with Gasteiger partial charge in [-0.2, -0.15) is 9.40 Å². The highest BCUT2D eigenvalue weighted by atomic mass is 32.2. The van der Waals surface area contributed by atoms with Gasteiger partial charge in [-0.25, -0.2) is 18.5 Å². The van der Waals surface area contributed by atoms with Crippen molar-refractivity contribution in [2.24, 2.45) is 18.9 Å². The predicted octanol–water partition coefficient (Wildman–Crippen LogP) is 1.36. The molecule has 0 unspecified atom stereocenters. The maximum absolute atomic E-state index is 13.1. The number of aryl methyl sites for hydroxylation is 1. The number of ether oxygens (including phenoxy) is 1. The number of fused-ring (bicyclic) bond motifs is 3. The Morgan fingerprint density at radius 1 is 1.38 bits per heavy atom.